The van der Waals surface area contributed by atoms with Gasteiger partial charge in [0.1, 0.15) is 0 Å². The van der Waals surface area contributed by atoms with Crippen LogP contribution in [0, 0.1) is 6.92 Å². The number of hydrogen-bond donors (Lipinski definition) is 0. The first-order valence-electron chi connectivity index (χ1n) is 8.78. The Bertz CT molecular complexity index is 910. The van der Waals surface area contributed by atoms with Crippen molar-refractivity contribution in [3.63, 3.8) is 0 Å². The number of nitrogens with zero attached hydrogens (tertiary/aromatic N) is 3. The third-order valence-corrected chi connectivity index (χ3v) is 4.73. The van der Waals surface area contributed by atoms with Gasteiger partial charge in [-0.1, -0.05) is 12.1 Å². The summed E-state index contributed by atoms with van der Waals surface area (Å²) in [6.07, 6.45) is 7.37. The number of oxazole rings is 1. The van der Waals surface area contributed by atoms with Gasteiger partial charge in [0.2, 0.25) is 5.91 Å². The zero-order valence-corrected chi connectivity index (χ0v) is 14.4. The summed E-state index contributed by atoms with van der Waals surface area (Å²) < 4.78 is 5.61. The molecule has 0 atom stereocenters. The molecule has 25 heavy (non-hydrogen) atoms. The van der Waals surface area contributed by atoms with E-state index in [1.165, 1.54) is 6.42 Å². The van der Waals surface area contributed by atoms with Crippen molar-refractivity contribution in [2.45, 2.75) is 32.6 Å². The van der Waals surface area contributed by atoms with Gasteiger partial charge in [0, 0.05) is 37.2 Å². The predicted octanol–water partition coefficient (Wildman–Crippen LogP) is 3.75. The second kappa shape index (κ2) is 6.67. The molecule has 1 aliphatic rings. The summed E-state index contributed by atoms with van der Waals surface area (Å²) in [7, 11) is 0. The minimum Gasteiger partial charge on any atom is -0.441 e. The third-order valence-electron chi connectivity index (χ3n) is 4.73. The Labute approximate surface area is 146 Å². The fourth-order valence-corrected chi connectivity index (χ4v) is 3.34. The number of carbonyl (C=O) groups excluding carboxylic acids is 1. The smallest absolute Gasteiger partial charge is 0.228 e. The number of benzene rings is 1. The molecule has 1 aromatic carbocycles. The van der Waals surface area contributed by atoms with Crippen LogP contribution >= 0.6 is 0 Å². The minimum atomic E-state index is 0.175. The fourth-order valence-electron chi connectivity index (χ4n) is 3.34. The van der Waals surface area contributed by atoms with Gasteiger partial charge >= 0.3 is 0 Å². The number of hydrogen-bond acceptors (Lipinski definition) is 4. The van der Waals surface area contributed by atoms with Crippen LogP contribution in [-0.4, -0.2) is 33.9 Å². The van der Waals surface area contributed by atoms with Gasteiger partial charge < -0.3 is 9.32 Å². The number of amides is 1. The van der Waals surface area contributed by atoms with E-state index in [0.717, 1.165) is 53.7 Å². The average molecular weight is 335 g/mol. The lowest BCUT2D eigenvalue weighted by Crippen LogP contribution is -2.36. The summed E-state index contributed by atoms with van der Waals surface area (Å²) in [5.41, 5.74) is 1.79. The van der Waals surface area contributed by atoms with Crippen LogP contribution in [0.4, 0.5) is 0 Å². The maximum Gasteiger partial charge on any atom is 0.228 e. The molecule has 0 N–H and O–H groups in total. The van der Waals surface area contributed by atoms with Crippen LogP contribution in [-0.2, 0) is 11.2 Å². The lowest BCUT2D eigenvalue weighted by Gasteiger charge is -2.26. The number of aromatic nitrogens is 2. The highest BCUT2D eigenvalue weighted by Crippen LogP contribution is 2.25. The summed E-state index contributed by atoms with van der Waals surface area (Å²) in [4.78, 5) is 23.0. The molecule has 128 valence electrons. The summed E-state index contributed by atoms with van der Waals surface area (Å²) >= 11 is 0. The standard InChI is InChI=1S/C20H21N3O2/c1-14-21-13-19(25-14)15-5-6-16-12-22-18(10-17(16)9-15)11-20(24)23-7-3-2-4-8-23/h5-6,9-10,12-13H,2-4,7-8,11H2,1H3. The van der Waals surface area contributed by atoms with Crippen molar-refractivity contribution in [3.8, 4) is 11.3 Å². The van der Waals surface area contributed by atoms with Gasteiger partial charge in [-0.15, -0.1) is 0 Å². The second-order valence-electron chi connectivity index (χ2n) is 6.60. The second-order valence-corrected chi connectivity index (χ2v) is 6.60. The molecule has 4 rings (SSSR count). The quantitative estimate of drug-likeness (QED) is 0.731. The van der Waals surface area contributed by atoms with Gasteiger partial charge in [-0.25, -0.2) is 4.98 Å². The number of pyridine rings is 1. The Kier molecular flexibility index (Phi) is 4.22. The molecule has 0 bridgehead atoms. The van der Waals surface area contributed by atoms with E-state index in [1.807, 2.05) is 36.2 Å². The molecule has 1 saturated heterocycles. The Morgan fingerprint density at radius 2 is 1.92 bits per heavy atom. The van der Waals surface area contributed by atoms with Gasteiger partial charge in [0.15, 0.2) is 11.7 Å². The molecule has 0 aliphatic carbocycles. The van der Waals surface area contributed by atoms with E-state index in [-0.39, 0.29) is 5.91 Å². The molecule has 0 spiro atoms. The van der Waals surface area contributed by atoms with E-state index in [1.54, 1.807) is 6.20 Å². The molecule has 0 unspecified atom stereocenters. The fraction of sp³-hybridized carbons (Fsp3) is 0.350. The first kappa shape index (κ1) is 15.8. The van der Waals surface area contributed by atoms with Gasteiger partial charge in [-0.05, 0) is 36.8 Å². The number of rotatable bonds is 3. The van der Waals surface area contributed by atoms with Gasteiger partial charge in [-0.3, -0.25) is 9.78 Å². The van der Waals surface area contributed by atoms with Crippen molar-refractivity contribution in [1.82, 2.24) is 14.9 Å². The molecular weight excluding hydrogens is 314 g/mol. The Hall–Kier alpha value is -2.69. The first-order chi connectivity index (χ1) is 12.2. The highest BCUT2D eigenvalue weighted by atomic mass is 16.4. The maximum absolute atomic E-state index is 12.5. The highest BCUT2D eigenvalue weighted by Gasteiger charge is 2.17. The van der Waals surface area contributed by atoms with E-state index in [9.17, 15) is 4.79 Å². The van der Waals surface area contributed by atoms with Crippen LogP contribution in [0.5, 0.6) is 0 Å². The Balaban J connectivity index is 1.59. The maximum atomic E-state index is 12.5. The predicted molar refractivity (Wildman–Crippen MR) is 96.1 cm³/mol. The van der Waals surface area contributed by atoms with Crippen LogP contribution in [0.1, 0.15) is 30.8 Å². The molecule has 0 radical (unpaired) electrons. The van der Waals surface area contributed by atoms with E-state index in [4.69, 9.17) is 4.42 Å². The lowest BCUT2D eigenvalue weighted by atomic mass is 10.1. The molecule has 1 fully saturated rings. The molecule has 0 saturated carbocycles. The minimum absolute atomic E-state index is 0.175. The zero-order valence-electron chi connectivity index (χ0n) is 14.4. The van der Waals surface area contributed by atoms with Crippen LogP contribution in [0.15, 0.2) is 41.1 Å². The average Bonchev–Trinajstić information content (AvgIpc) is 3.08. The summed E-state index contributed by atoms with van der Waals surface area (Å²) in [5.74, 6) is 1.58. The molecule has 5 nitrogen and oxygen atoms in total. The number of carbonyl (C=O) groups is 1. The van der Waals surface area contributed by atoms with Crippen molar-refractivity contribution < 1.29 is 9.21 Å². The summed E-state index contributed by atoms with van der Waals surface area (Å²) in [5, 5.41) is 2.11. The molecule has 5 heteroatoms. The highest BCUT2D eigenvalue weighted by molar-refractivity contribution is 5.87. The molecule has 1 amide bonds. The SMILES string of the molecule is Cc1ncc(-c2ccc3cnc(CC(=O)N4CCCCC4)cc3c2)o1. The topological polar surface area (TPSA) is 59.2 Å². The number of piperidine rings is 1. The van der Waals surface area contributed by atoms with Crippen LogP contribution in [0.3, 0.4) is 0 Å². The largest absolute Gasteiger partial charge is 0.441 e. The number of likely N-dealkylation sites (tertiary alicyclic amines) is 1. The van der Waals surface area contributed by atoms with E-state index in [0.29, 0.717) is 12.3 Å². The van der Waals surface area contributed by atoms with Gasteiger partial charge in [-0.2, -0.15) is 0 Å². The van der Waals surface area contributed by atoms with Crippen LogP contribution in [0.2, 0.25) is 0 Å². The molecular formula is C20H21N3O2. The zero-order chi connectivity index (χ0) is 17.2. The first-order valence-corrected chi connectivity index (χ1v) is 8.78. The van der Waals surface area contributed by atoms with Crippen LogP contribution < -0.4 is 0 Å². The van der Waals surface area contributed by atoms with Crippen molar-refractivity contribution >= 4 is 16.7 Å². The molecule has 1 aliphatic heterocycles. The normalized spacial score (nSPS) is 14.8. The number of fused-ring (bicyclic) bond motifs is 1. The molecule has 3 aromatic rings. The summed E-state index contributed by atoms with van der Waals surface area (Å²) in [6, 6.07) is 8.09. The summed E-state index contributed by atoms with van der Waals surface area (Å²) in [6.45, 7) is 3.58. The third kappa shape index (κ3) is 3.40. The van der Waals surface area contributed by atoms with Gasteiger partial charge in [0.25, 0.3) is 0 Å². The van der Waals surface area contributed by atoms with Crippen molar-refractivity contribution in [3.05, 3.63) is 48.2 Å². The Morgan fingerprint density at radius 3 is 2.68 bits per heavy atom. The monoisotopic (exact) mass is 335 g/mol. The van der Waals surface area contributed by atoms with Crippen molar-refractivity contribution in [1.29, 1.82) is 0 Å². The lowest BCUT2D eigenvalue weighted by molar-refractivity contribution is -0.131. The van der Waals surface area contributed by atoms with Crippen molar-refractivity contribution in [2.75, 3.05) is 13.1 Å². The number of aryl methyl sites for hydroxylation is 1. The van der Waals surface area contributed by atoms with Crippen LogP contribution in [0.25, 0.3) is 22.1 Å². The molecule has 3 heterocycles. The van der Waals surface area contributed by atoms with E-state index >= 15 is 0 Å². The van der Waals surface area contributed by atoms with Gasteiger partial charge in [0.05, 0.1) is 18.3 Å². The van der Waals surface area contributed by atoms with E-state index < -0.39 is 0 Å². The molecule has 2 aromatic heterocycles. The Morgan fingerprint density at radius 1 is 1.08 bits per heavy atom. The van der Waals surface area contributed by atoms with E-state index in [2.05, 4.69) is 16.0 Å². The van der Waals surface area contributed by atoms with Crippen molar-refractivity contribution in [2.24, 2.45) is 0 Å².